The van der Waals surface area contributed by atoms with Crippen molar-refractivity contribution < 1.29 is 13.2 Å². The molecule has 0 bridgehead atoms. The number of aryl methyl sites for hydroxylation is 1. The Morgan fingerprint density at radius 3 is 2.26 bits per heavy atom. The normalized spacial score (nSPS) is 15.3. The van der Waals surface area contributed by atoms with Gasteiger partial charge in [0, 0.05) is 24.3 Å². The fourth-order valence-corrected chi connectivity index (χ4v) is 4.78. The van der Waals surface area contributed by atoms with E-state index in [-0.39, 0.29) is 10.8 Å². The largest absolute Gasteiger partial charge is 0.322 e. The molecule has 1 aliphatic rings. The van der Waals surface area contributed by atoms with E-state index in [1.807, 2.05) is 31.2 Å². The van der Waals surface area contributed by atoms with Gasteiger partial charge in [0.05, 0.1) is 4.90 Å². The van der Waals surface area contributed by atoms with Crippen LogP contribution >= 0.6 is 0 Å². The molecule has 0 aromatic heterocycles. The molecule has 1 N–H and O–H groups in total. The number of nitrogens with one attached hydrogen (secondary N) is 1. The number of carbonyl (C=O) groups is 1. The molecule has 1 amide bonds. The van der Waals surface area contributed by atoms with Gasteiger partial charge in [0.1, 0.15) is 0 Å². The van der Waals surface area contributed by atoms with Gasteiger partial charge in [-0.25, -0.2) is 8.42 Å². The minimum atomic E-state index is -3.55. The number of benzene rings is 2. The number of amides is 1. The maximum Gasteiger partial charge on any atom is 0.255 e. The molecule has 0 atom stereocenters. The molecule has 0 aliphatic carbocycles. The van der Waals surface area contributed by atoms with E-state index in [1.54, 1.807) is 12.1 Å². The maximum atomic E-state index is 12.8. The van der Waals surface area contributed by atoms with Crippen LogP contribution in [0.25, 0.3) is 0 Å². The Balaban J connectivity index is 1.84. The van der Waals surface area contributed by atoms with E-state index < -0.39 is 10.0 Å². The molecule has 0 saturated carbocycles. The van der Waals surface area contributed by atoms with E-state index in [2.05, 4.69) is 19.2 Å². The van der Waals surface area contributed by atoms with E-state index in [0.717, 1.165) is 18.4 Å². The van der Waals surface area contributed by atoms with Crippen LogP contribution < -0.4 is 5.32 Å². The van der Waals surface area contributed by atoms with Crippen molar-refractivity contribution in [1.29, 1.82) is 0 Å². The first-order chi connectivity index (χ1) is 12.8. The van der Waals surface area contributed by atoms with Crippen molar-refractivity contribution in [1.82, 2.24) is 4.31 Å². The summed E-state index contributed by atoms with van der Waals surface area (Å²) in [5.74, 6) is 0.118. The van der Waals surface area contributed by atoms with Crippen molar-refractivity contribution in [3.05, 3.63) is 59.2 Å². The van der Waals surface area contributed by atoms with Gasteiger partial charge >= 0.3 is 0 Å². The minimum Gasteiger partial charge on any atom is -0.322 e. The minimum absolute atomic E-state index is 0.176. The molecule has 0 unspecified atom stereocenters. The summed E-state index contributed by atoms with van der Waals surface area (Å²) in [5.41, 5.74) is 3.01. The highest BCUT2D eigenvalue weighted by atomic mass is 32.2. The number of anilines is 1. The maximum absolute atomic E-state index is 12.8. The van der Waals surface area contributed by atoms with Crippen LogP contribution in [0.3, 0.4) is 0 Å². The highest BCUT2D eigenvalue weighted by Crippen LogP contribution is 2.24. The third kappa shape index (κ3) is 4.22. The van der Waals surface area contributed by atoms with Crippen LogP contribution in [0.1, 0.15) is 54.1 Å². The highest BCUT2D eigenvalue weighted by Gasteiger charge is 2.28. The smallest absolute Gasteiger partial charge is 0.255 e. The molecule has 1 heterocycles. The van der Waals surface area contributed by atoms with Crippen LogP contribution in [-0.2, 0) is 10.0 Å². The zero-order valence-corrected chi connectivity index (χ0v) is 16.8. The molecule has 1 saturated heterocycles. The average Bonchev–Trinajstić information content (AvgIpc) is 3.18. The molecule has 0 spiro atoms. The van der Waals surface area contributed by atoms with Crippen molar-refractivity contribution in [3.63, 3.8) is 0 Å². The first-order valence-corrected chi connectivity index (χ1v) is 10.7. The van der Waals surface area contributed by atoms with E-state index in [1.165, 1.54) is 15.9 Å². The van der Waals surface area contributed by atoms with E-state index in [0.29, 0.717) is 30.3 Å². The summed E-state index contributed by atoms with van der Waals surface area (Å²) >= 11 is 0. The molecule has 27 heavy (non-hydrogen) atoms. The average molecular weight is 387 g/mol. The van der Waals surface area contributed by atoms with Crippen LogP contribution in [0.5, 0.6) is 0 Å². The van der Waals surface area contributed by atoms with Gasteiger partial charge < -0.3 is 5.32 Å². The van der Waals surface area contributed by atoms with Gasteiger partial charge in [-0.2, -0.15) is 4.31 Å². The predicted molar refractivity (Wildman–Crippen MR) is 108 cm³/mol. The summed E-state index contributed by atoms with van der Waals surface area (Å²) in [6.45, 7) is 7.12. The Hall–Kier alpha value is -2.18. The summed E-state index contributed by atoms with van der Waals surface area (Å²) in [6, 6.07) is 12.5. The quantitative estimate of drug-likeness (QED) is 0.839. The van der Waals surface area contributed by atoms with Gasteiger partial charge in [0.25, 0.3) is 5.91 Å². The molecule has 0 radical (unpaired) electrons. The Morgan fingerprint density at radius 1 is 1.04 bits per heavy atom. The SMILES string of the molecule is Cc1ccc(S(=O)(=O)N2CCCC2)cc1C(=O)Nc1ccc(C(C)C)cc1. The van der Waals surface area contributed by atoms with E-state index in [9.17, 15) is 13.2 Å². The first-order valence-electron chi connectivity index (χ1n) is 9.31. The molecule has 1 fully saturated rings. The zero-order valence-electron chi connectivity index (χ0n) is 16.0. The van der Waals surface area contributed by atoms with E-state index in [4.69, 9.17) is 0 Å². The fourth-order valence-electron chi connectivity index (χ4n) is 3.23. The second-order valence-corrected chi connectivity index (χ2v) is 9.26. The molecule has 144 valence electrons. The van der Waals surface area contributed by atoms with Gasteiger partial charge in [-0.3, -0.25) is 4.79 Å². The number of hydrogen-bond acceptors (Lipinski definition) is 3. The number of rotatable bonds is 5. The molecular weight excluding hydrogens is 360 g/mol. The monoisotopic (exact) mass is 386 g/mol. The fraction of sp³-hybridized carbons (Fsp3) is 0.381. The number of sulfonamides is 1. The van der Waals surface area contributed by atoms with Crippen LogP contribution in [0.15, 0.2) is 47.4 Å². The molecular formula is C21H26N2O3S. The highest BCUT2D eigenvalue weighted by molar-refractivity contribution is 7.89. The number of hydrogen-bond donors (Lipinski definition) is 1. The third-order valence-corrected chi connectivity index (χ3v) is 6.89. The number of nitrogens with zero attached hydrogens (tertiary/aromatic N) is 1. The van der Waals surface area contributed by atoms with Crippen LogP contribution in [0, 0.1) is 6.92 Å². The van der Waals surface area contributed by atoms with E-state index >= 15 is 0 Å². The standard InChI is InChI=1S/C21H26N2O3S/c1-15(2)17-7-9-18(10-8-17)22-21(24)20-14-19(11-6-16(20)3)27(25,26)23-12-4-5-13-23/h6-11,14-15H,4-5,12-13H2,1-3H3,(H,22,24). The van der Waals surface area contributed by atoms with Crippen LogP contribution in [-0.4, -0.2) is 31.7 Å². The molecule has 1 aliphatic heterocycles. The lowest BCUT2D eigenvalue weighted by molar-refractivity contribution is 0.102. The van der Waals surface area contributed by atoms with Crippen LogP contribution in [0.2, 0.25) is 0 Å². The summed E-state index contributed by atoms with van der Waals surface area (Å²) in [4.78, 5) is 12.9. The summed E-state index contributed by atoms with van der Waals surface area (Å²) < 4.78 is 27.0. The topological polar surface area (TPSA) is 66.5 Å². The second kappa shape index (κ2) is 7.82. The van der Waals surface area contributed by atoms with Gasteiger partial charge in [-0.05, 0) is 61.1 Å². The van der Waals surface area contributed by atoms with Crippen molar-refractivity contribution in [3.8, 4) is 0 Å². The van der Waals surface area contributed by atoms with Crippen molar-refractivity contribution in [2.75, 3.05) is 18.4 Å². The van der Waals surface area contributed by atoms with Crippen molar-refractivity contribution in [2.24, 2.45) is 0 Å². The lowest BCUT2D eigenvalue weighted by atomic mass is 10.0. The van der Waals surface area contributed by atoms with Gasteiger partial charge in [0.15, 0.2) is 0 Å². The lowest BCUT2D eigenvalue weighted by Gasteiger charge is -2.17. The third-order valence-electron chi connectivity index (χ3n) is 4.99. The van der Waals surface area contributed by atoms with Crippen LogP contribution in [0.4, 0.5) is 5.69 Å². The summed E-state index contributed by atoms with van der Waals surface area (Å²) in [5, 5.41) is 2.87. The molecule has 6 heteroatoms. The Morgan fingerprint density at radius 2 is 1.67 bits per heavy atom. The van der Waals surface area contributed by atoms with Crippen molar-refractivity contribution in [2.45, 2.75) is 44.4 Å². The summed E-state index contributed by atoms with van der Waals surface area (Å²) in [7, 11) is -3.55. The lowest BCUT2D eigenvalue weighted by Crippen LogP contribution is -2.28. The molecule has 3 rings (SSSR count). The first kappa shape index (κ1) is 19.6. The Bertz CT molecular complexity index is 928. The predicted octanol–water partition coefficient (Wildman–Crippen LogP) is 4.16. The Labute approximate surface area is 161 Å². The Kier molecular flexibility index (Phi) is 5.67. The molecule has 2 aromatic carbocycles. The second-order valence-electron chi connectivity index (χ2n) is 7.32. The number of carbonyl (C=O) groups excluding carboxylic acids is 1. The van der Waals surface area contributed by atoms with Gasteiger partial charge in [-0.1, -0.05) is 32.0 Å². The zero-order chi connectivity index (χ0) is 19.6. The molecule has 2 aromatic rings. The molecule has 5 nitrogen and oxygen atoms in total. The van der Waals surface area contributed by atoms with Crippen molar-refractivity contribution >= 4 is 21.6 Å². The van der Waals surface area contributed by atoms with Gasteiger partial charge in [-0.15, -0.1) is 0 Å². The van der Waals surface area contributed by atoms with Gasteiger partial charge in [0.2, 0.25) is 10.0 Å². The summed E-state index contributed by atoms with van der Waals surface area (Å²) in [6.07, 6.45) is 1.76.